The van der Waals surface area contributed by atoms with Crippen LogP contribution in [0.1, 0.15) is 28.4 Å². The first-order valence-electron chi connectivity index (χ1n) is 10.5. The molecule has 1 unspecified atom stereocenters. The van der Waals surface area contributed by atoms with Crippen molar-refractivity contribution in [2.24, 2.45) is 0 Å². The minimum absolute atomic E-state index is 0.0635. The van der Waals surface area contributed by atoms with E-state index >= 15 is 0 Å². The quantitative estimate of drug-likeness (QED) is 0.468. The molecule has 1 amide bonds. The Morgan fingerprint density at radius 3 is 2.30 bits per heavy atom. The molecule has 0 spiro atoms. The smallest absolute Gasteiger partial charge is 0.328 e. The maximum absolute atomic E-state index is 12.9. The molecule has 3 rings (SSSR count). The highest BCUT2D eigenvalue weighted by atomic mass is 32.2. The highest BCUT2D eigenvalue weighted by Gasteiger charge is 2.24. The molecule has 0 aliphatic heterocycles. The van der Waals surface area contributed by atoms with Gasteiger partial charge in [0.2, 0.25) is 0 Å². The van der Waals surface area contributed by atoms with Gasteiger partial charge in [0.05, 0.1) is 11.5 Å². The molecule has 7 nitrogen and oxygen atoms in total. The zero-order chi connectivity index (χ0) is 23.8. The molecule has 0 fully saturated rings. The molecule has 0 bridgehead atoms. The number of nitrogens with one attached hydrogen (secondary N) is 2. The predicted molar refractivity (Wildman–Crippen MR) is 126 cm³/mol. The van der Waals surface area contributed by atoms with Crippen LogP contribution in [0.4, 0.5) is 5.69 Å². The van der Waals surface area contributed by atoms with Crippen molar-refractivity contribution >= 4 is 27.6 Å². The summed E-state index contributed by atoms with van der Waals surface area (Å²) in [5, 5.41) is 2.67. The zero-order valence-corrected chi connectivity index (χ0v) is 19.3. The van der Waals surface area contributed by atoms with Gasteiger partial charge >= 0.3 is 5.97 Å². The highest BCUT2D eigenvalue weighted by molar-refractivity contribution is 7.92. The second-order valence-electron chi connectivity index (χ2n) is 7.47. The molecule has 0 saturated carbocycles. The number of anilines is 1. The maximum Gasteiger partial charge on any atom is 0.328 e. The molecule has 8 heteroatoms. The number of rotatable bonds is 9. The normalized spacial score (nSPS) is 11.9. The average molecular weight is 467 g/mol. The summed E-state index contributed by atoms with van der Waals surface area (Å²) >= 11 is 0. The van der Waals surface area contributed by atoms with Crippen molar-refractivity contribution in [2.75, 3.05) is 11.3 Å². The number of amides is 1. The molecule has 1 atom stereocenters. The molecule has 0 aliphatic rings. The van der Waals surface area contributed by atoms with E-state index in [1.807, 2.05) is 37.3 Å². The van der Waals surface area contributed by atoms with Crippen molar-refractivity contribution in [1.29, 1.82) is 0 Å². The Bertz CT molecular complexity index is 1210. The molecule has 2 N–H and O–H groups in total. The number of hydrogen-bond acceptors (Lipinski definition) is 5. The number of carbonyl (C=O) groups excluding carboxylic acids is 2. The zero-order valence-electron chi connectivity index (χ0n) is 18.4. The molecule has 0 saturated heterocycles. The van der Waals surface area contributed by atoms with E-state index in [2.05, 4.69) is 10.0 Å². The van der Waals surface area contributed by atoms with Gasteiger partial charge < -0.3 is 10.1 Å². The molecular formula is C25H26N2O5S. The van der Waals surface area contributed by atoms with Gasteiger partial charge in [-0.05, 0) is 49.7 Å². The lowest BCUT2D eigenvalue weighted by Crippen LogP contribution is -2.43. The fourth-order valence-corrected chi connectivity index (χ4v) is 4.27. The topological polar surface area (TPSA) is 102 Å². The first kappa shape index (κ1) is 24.0. The second-order valence-corrected chi connectivity index (χ2v) is 9.15. The number of carbonyl (C=O) groups is 2. The Balaban J connectivity index is 1.79. The Hall–Kier alpha value is -3.65. The van der Waals surface area contributed by atoms with Crippen LogP contribution in [-0.2, 0) is 26.0 Å². The van der Waals surface area contributed by atoms with Crippen LogP contribution in [-0.4, -0.2) is 32.9 Å². The lowest BCUT2D eigenvalue weighted by Gasteiger charge is -2.18. The number of esters is 1. The molecule has 0 aliphatic carbocycles. The van der Waals surface area contributed by atoms with E-state index in [1.54, 1.807) is 31.2 Å². The summed E-state index contributed by atoms with van der Waals surface area (Å²) in [7, 11) is -3.91. The van der Waals surface area contributed by atoms with Crippen molar-refractivity contribution in [3.8, 4) is 0 Å². The van der Waals surface area contributed by atoms with Crippen molar-refractivity contribution < 1.29 is 22.7 Å². The summed E-state index contributed by atoms with van der Waals surface area (Å²) < 4.78 is 33.2. The molecule has 3 aromatic rings. The SMILES string of the molecule is CCOC(=O)C(Cc1ccccc1)NC(=O)c1cccc(S(=O)(=O)Nc2ccc(C)cc2)c1. The van der Waals surface area contributed by atoms with Gasteiger partial charge in [-0.25, -0.2) is 13.2 Å². The van der Waals surface area contributed by atoms with Crippen LogP contribution < -0.4 is 10.0 Å². The van der Waals surface area contributed by atoms with Crippen molar-refractivity contribution in [3.05, 3.63) is 95.6 Å². The second kappa shape index (κ2) is 10.8. The van der Waals surface area contributed by atoms with Crippen LogP contribution >= 0.6 is 0 Å². The Kier molecular flexibility index (Phi) is 7.84. The Labute approximate surface area is 193 Å². The van der Waals surface area contributed by atoms with Gasteiger partial charge in [-0.2, -0.15) is 0 Å². The van der Waals surface area contributed by atoms with E-state index in [0.717, 1.165) is 11.1 Å². The summed E-state index contributed by atoms with van der Waals surface area (Å²) in [5.41, 5.74) is 2.39. The van der Waals surface area contributed by atoms with Crippen LogP contribution in [0.2, 0.25) is 0 Å². The van der Waals surface area contributed by atoms with Crippen LogP contribution in [0.3, 0.4) is 0 Å². The van der Waals surface area contributed by atoms with Gasteiger partial charge in [0, 0.05) is 17.7 Å². The van der Waals surface area contributed by atoms with Crippen molar-refractivity contribution in [2.45, 2.75) is 31.2 Å². The van der Waals surface area contributed by atoms with Crippen LogP contribution in [0.25, 0.3) is 0 Å². The lowest BCUT2D eigenvalue weighted by atomic mass is 10.1. The summed E-state index contributed by atoms with van der Waals surface area (Å²) in [6.07, 6.45) is 0.248. The van der Waals surface area contributed by atoms with Crippen molar-refractivity contribution in [3.63, 3.8) is 0 Å². The van der Waals surface area contributed by atoms with Crippen LogP contribution in [0.15, 0.2) is 83.8 Å². The van der Waals surface area contributed by atoms with Crippen LogP contribution in [0.5, 0.6) is 0 Å². The first-order valence-corrected chi connectivity index (χ1v) is 12.0. The van der Waals surface area contributed by atoms with Gasteiger partial charge in [-0.15, -0.1) is 0 Å². The minimum Gasteiger partial charge on any atom is -0.464 e. The first-order chi connectivity index (χ1) is 15.8. The third-order valence-corrected chi connectivity index (χ3v) is 6.25. The van der Waals surface area contributed by atoms with E-state index < -0.39 is 27.9 Å². The van der Waals surface area contributed by atoms with E-state index in [9.17, 15) is 18.0 Å². The summed E-state index contributed by atoms with van der Waals surface area (Å²) in [5.74, 6) is -1.13. The molecule has 0 heterocycles. The molecule has 0 radical (unpaired) electrons. The van der Waals surface area contributed by atoms with Gasteiger partial charge in [-0.3, -0.25) is 9.52 Å². The molecule has 0 aromatic heterocycles. The maximum atomic E-state index is 12.9. The number of benzene rings is 3. The van der Waals surface area contributed by atoms with Gasteiger partial charge in [0.1, 0.15) is 6.04 Å². The van der Waals surface area contributed by atoms with Gasteiger partial charge in [0.15, 0.2) is 0 Å². The summed E-state index contributed by atoms with van der Waals surface area (Å²) in [6, 6.07) is 20.9. The number of ether oxygens (including phenoxy) is 1. The third kappa shape index (κ3) is 6.66. The predicted octanol–water partition coefficient (Wildman–Crippen LogP) is 3.70. The van der Waals surface area contributed by atoms with E-state index in [-0.39, 0.29) is 23.5 Å². The molecular weight excluding hydrogens is 440 g/mol. The fourth-order valence-electron chi connectivity index (χ4n) is 3.17. The van der Waals surface area contributed by atoms with Gasteiger partial charge in [-0.1, -0.05) is 54.1 Å². The monoisotopic (exact) mass is 466 g/mol. The van der Waals surface area contributed by atoms with Crippen molar-refractivity contribution in [1.82, 2.24) is 5.32 Å². The van der Waals surface area contributed by atoms with E-state index in [4.69, 9.17) is 4.74 Å². The largest absolute Gasteiger partial charge is 0.464 e. The highest BCUT2D eigenvalue weighted by Crippen LogP contribution is 2.18. The van der Waals surface area contributed by atoms with Gasteiger partial charge in [0.25, 0.3) is 15.9 Å². The summed E-state index contributed by atoms with van der Waals surface area (Å²) in [4.78, 5) is 25.3. The number of sulfonamides is 1. The third-order valence-electron chi connectivity index (χ3n) is 4.87. The fraction of sp³-hybridized carbons (Fsp3) is 0.200. The Morgan fingerprint density at radius 1 is 0.939 bits per heavy atom. The molecule has 33 heavy (non-hydrogen) atoms. The Morgan fingerprint density at radius 2 is 1.64 bits per heavy atom. The van der Waals surface area contributed by atoms with E-state index in [0.29, 0.717) is 5.69 Å². The van der Waals surface area contributed by atoms with Crippen LogP contribution in [0, 0.1) is 6.92 Å². The standard InChI is InChI=1S/C25H26N2O5S/c1-3-32-25(29)23(16-19-8-5-4-6-9-19)26-24(28)20-10-7-11-22(17-20)33(30,31)27-21-14-12-18(2)13-15-21/h4-15,17,23,27H,3,16H2,1-2H3,(H,26,28). The minimum atomic E-state index is -3.91. The summed E-state index contributed by atoms with van der Waals surface area (Å²) in [6.45, 7) is 3.77. The molecule has 172 valence electrons. The number of hydrogen-bond donors (Lipinski definition) is 2. The van der Waals surface area contributed by atoms with E-state index in [1.165, 1.54) is 24.3 Å². The molecule has 3 aromatic carbocycles. The lowest BCUT2D eigenvalue weighted by molar-refractivity contribution is -0.145. The number of aryl methyl sites for hydroxylation is 1. The average Bonchev–Trinajstić information content (AvgIpc) is 2.81.